The van der Waals surface area contributed by atoms with Gasteiger partial charge < -0.3 is 9.64 Å². The Morgan fingerprint density at radius 1 is 1.10 bits per heavy atom. The molecular formula is C20H22F3N7O. The molecule has 0 bridgehead atoms. The zero-order valence-corrected chi connectivity index (χ0v) is 17.4. The highest BCUT2D eigenvalue weighted by Crippen LogP contribution is 2.56. The minimum absolute atomic E-state index is 0.0189. The molecule has 164 valence electrons. The maximum Gasteiger partial charge on any atom is 0.392 e. The first-order valence-electron chi connectivity index (χ1n) is 10.2. The van der Waals surface area contributed by atoms with E-state index >= 15 is 0 Å². The fourth-order valence-electron chi connectivity index (χ4n) is 4.02. The Morgan fingerprint density at radius 2 is 1.87 bits per heavy atom. The van der Waals surface area contributed by atoms with Gasteiger partial charge in [-0.25, -0.2) is 15.0 Å². The first-order valence-corrected chi connectivity index (χ1v) is 10.2. The summed E-state index contributed by atoms with van der Waals surface area (Å²) in [5.41, 5.74) is 3.32. The predicted molar refractivity (Wildman–Crippen MR) is 106 cm³/mol. The summed E-state index contributed by atoms with van der Waals surface area (Å²) in [6, 6.07) is 0. The lowest BCUT2D eigenvalue weighted by Crippen LogP contribution is -2.39. The number of rotatable bonds is 3. The van der Waals surface area contributed by atoms with Crippen LogP contribution in [-0.4, -0.2) is 55.6 Å². The van der Waals surface area contributed by atoms with Crippen LogP contribution in [0.25, 0.3) is 11.2 Å². The number of aromatic nitrogens is 6. The smallest absolute Gasteiger partial charge is 0.370 e. The second-order valence-corrected chi connectivity index (χ2v) is 8.22. The van der Waals surface area contributed by atoms with Crippen LogP contribution in [0, 0.1) is 19.8 Å². The van der Waals surface area contributed by atoms with Crippen LogP contribution < -0.4 is 4.90 Å². The van der Waals surface area contributed by atoms with Gasteiger partial charge in [0.2, 0.25) is 5.95 Å². The fourth-order valence-corrected chi connectivity index (χ4v) is 4.02. The standard InChI is InChI=1S/C20H22F3N7O/c1-10-11(2)26-18-17(25-10)16(13-6-14(13)20(21,22)23)27-19(28-18)30-4-5-31-15(9-30)12-7-24-29(3)8-12/h7-8,13-15H,4-6,9H2,1-3H3/t13-,14+,15-/m1/s1. The molecule has 0 aromatic carbocycles. The number of anilines is 1. The molecule has 0 spiro atoms. The molecule has 31 heavy (non-hydrogen) atoms. The van der Waals surface area contributed by atoms with E-state index in [1.165, 1.54) is 0 Å². The summed E-state index contributed by atoms with van der Waals surface area (Å²) in [6.45, 7) is 5.05. The van der Waals surface area contributed by atoms with Crippen molar-refractivity contribution in [1.29, 1.82) is 0 Å². The van der Waals surface area contributed by atoms with E-state index in [2.05, 4.69) is 25.0 Å². The molecule has 2 fully saturated rings. The maximum atomic E-state index is 13.3. The van der Waals surface area contributed by atoms with E-state index in [-0.39, 0.29) is 12.5 Å². The van der Waals surface area contributed by atoms with Gasteiger partial charge in [0.05, 0.1) is 42.3 Å². The molecule has 1 aliphatic heterocycles. The number of fused-ring (bicyclic) bond motifs is 1. The first-order chi connectivity index (χ1) is 14.7. The summed E-state index contributed by atoms with van der Waals surface area (Å²) < 4.78 is 47.5. The summed E-state index contributed by atoms with van der Waals surface area (Å²) >= 11 is 0. The number of ether oxygens (including phenoxy) is 1. The third-order valence-corrected chi connectivity index (χ3v) is 5.97. The SMILES string of the molecule is Cc1nc2nc(N3CCO[C@@H](c4cnn(C)c4)C3)nc([C@@H]3C[C@@H]3C(F)(F)F)c2nc1C. The van der Waals surface area contributed by atoms with Gasteiger partial charge in [-0.1, -0.05) is 0 Å². The van der Waals surface area contributed by atoms with Crippen LogP contribution in [0.4, 0.5) is 19.1 Å². The van der Waals surface area contributed by atoms with Gasteiger partial charge in [-0.3, -0.25) is 4.68 Å². The van der Waals surface area contributed by atoms with Crippen molar-refractivity contribution >= 4 is 17.1 Å². The van der Waals surface area contributed by atoms with E-state index in [1.54, 1.807) is 17.8 Å². The Morgan fingerprint density at radius 3 is 2.55 bits per heavy atom. The topological polar surface area (TPSA) is 81.9 Å². The maximum absolute atomic E-state index is 13.3. The van der Waals surface area contributed by atoms with Crippen LogP contribution in [0.5, 0.6) is 0 Å². The van der Waals surface area contributed by atoms with Gasteiger partial charge in [-0.15, -0.1) is 0 Å². The van der Waals surface area contributed by atoms with Crippen molar-refractivity contribution in [2.24, 2.45) is 13.0 Å². The Kier molecular flexibility index (Phi) is 4.61. The zero-order valence-electron chi connectivity index (χ0n) is 17.4. The summed E-state index contributed by atoms with van der Waals surface area (Å²) in [7, 11) is 1.83. The average Bonchev–Trinajstić information content (AvgIpc) is 3.43. The van der Waals surface area contributed by atoms with Gasteiger partial charge in [0, 0.05) is 31.3 Å². The van der Waals surface area contributed by atoms with Gasteiger partial charge in [0.15, 0.2) is 5.65 Å². The van der Waals surface area contributed by atoms with Crippen LogP contribution >= 0.6 is 0 Å². The lowest BCUT2D eigenvalue weighted by Gasteiger charge is -2.32. The summed E-state index contributed by atoms with van der Waals surface area (Å²) in [5, 5.41) is 4.19. The lowest BCUT2D eigenvalue weighted by atomic mass is 10.1. The van der Waals surface area contributed by atoms with Crippen LogP contribution in [0.3, 0.4) is 0 Å². The quantitative estimate of drug-likeness (QED) is 0.628. The molecule has 0 amide bonds. The van der Waals surface area contributed by atoms with Gasteiger partial charge in [-0.05, 0) is 20.3 Å². The van der Waals surface area contributed by atoms with Crippen molar-refractivity contribution in [2.45, 2.75) is 38.5 Å². The monoisotopic (exact) mass is 433 g/mol. The largest absolute Gasteiger partial charge is 0.392 e. The molecule has 3 aromatic heterocycles. The van der Waals surface area contributed by atoms with Gasteiger partial charge >= 0.3 is 6.18 Å². The average molecular weight is 433 g/mol. The number of morpholine rings is 1. The zero-order chi connectivity index (χ0) is 21.9. The molecule has 0 unspecified atom stereocenters. The molecule has 8 nitrogen and oxygen atoms in total. The molecule has 11 heteroatoms. The molecule has 4 heterocycles. The third-order valence-electron chi connectivity index (χ3n) is 5.97. The molecule has 0 N–H and O–H groups in total. The molecule has 1 saturated carbocycles. The normalized spacial score (nSPS) is 24.1. The van der Waals surface area contributed by atoms with E-state index in [4.69, 9.17) is 4.74 Å². The number of hydrogen-bond acceptors (Lipinski definition) is 7. The van der Waals surface area contributed by atoms with Crippen molar-refractivity contribution in [2.75, 3.05) is 24.6 Å². The Hall–Kier alpha value is -2.82. The lowest BCUT2D eigenvalue weighted by molar-refractivity contribution is -0.148. The highest BCUT2D eigenvalue weighted by Gasteiger charge is 2.57. The third kappa shape index (κ3) is 3.71. The first kappa shape index (κ1) is 20.1. The van der Waals surface area contributed by atoms with E-state index in [0.29, 0.717) is 53.9 Å². The van der Waals surface area contributed by atoms with Gasteiger partial charge in [0.1, 0.15) is 11.6 Å². The minimum atomic E-state index is -4.25. The number of hydrogen-bond donors (Lipinski definition) is 0. The van der Waals surface area contributed by atoms with E-state index in [1.807, 2.05) is 25.1 Å². The van der Waals surface area contributed by atoms with Gasteiger partial charge in [-0.2, -0.15) is 23.3 Å². The van der Waals surface area contributed by atoms with Crippen molar-refractivity contribution in [3.05, 3.63) is 35.0 Å². The Labute approximate surface area is 176 Å². The minimum Gasteiger partial charge on any atom is -0.370 e. The number of nitrogens with zero attached hydrogens (tertiary/aromatic N) is 7. The molecule has 0 radical (unpaired) electrons. The Bertz CT molecular complexity index is 1150. The van der Waals surface area contributed by atoms with Crippen molar-refractivity contribution in [3.8, 4) is 0 Å². The van der Waals surface area contributed by atoms with Crippen molar-refractivity contribution < 1.29 is 17.9 Å². The second kappa shape index (κ2) is 7.11. The van der Waals surface area contributed by atoms with E-state index < -0.39 is 18.0 Å². The van der Waals surface area contributed by atoms with Crippen molar-refractivity contribution in [1.82, 2.24) is 29.7 Å². The molecule has 1 aliphatic carbocycles. The molecule has 3 atom stereocenters. The summed E-state index contributed by atoms with van der Waals surface area (Å²) in [6.07, 6.45) is -0.822. The number of aryl methyl sites for hydroxylation is 3. The highest BCUT2D eigenvalue weighted by atomic mass is 19.4. The van der Waals surface area contributed by atoms with Crippen molar-refractivity contribution in [3.63, 3.8) is 0 Å². The van der Waals surface area contributed by atoms with Crippen LogP contribution in [-0.2, 0) is 11.8 Å². The van der Waals surface area contributed by atoms with Gasteiger partial charge in [0.25, 0.3) is 0 Å². The fraction of sp³-hybridized carbons (Fsp3) is 0.550. The molecule has 5 rings (SSSR count). The molecule has 2 aliphatic rings. The summed E-state index contributed by atoms with van der Waals surface area (Å²) in [5.74, 6) is -1.74. The summed E-state index contributed by atoms with van der Waals surface area (Å²) in [4.78, 5) is 20.1. The Balaban J connectivity index is 1.54. The molecule has 3 aromatic rings. The van der Waals surface area contributed by atoms with Crippen LogP contribution in [0.2, 0.25) is 0 Å². The van der Waals surface area contributed by atoms with Crippen LogP contribution in [0.15, 0.2) is 12.4 Å². The van der Waals surface area contributed by atoms with E-state index in [9.17, 15) is 13.2 Å². The molecular weight excluding hydrogens is 411 g/mol. The molecule has 1 saturated heterocycles. The number of alkyl halides is 3. The highest BCUT2D eigenvalue weighted by molar-refractivity contribution is 5.75. The second-order valence-electron chi connectivity index (χ2n) is 8.22. The number of halogens is 3. The predicted octanol–water partition coefficient (Wildman–Crippen LogP) is 3.01. The van der Waals surface area contributed by atoms with Crippen LogP contribution in [0.1, 0.15) is 41.1 Å². The van der Waals surface area contributed by atoms with E-state index in [0.717, 1.165) is 5.56 Å².